The van der Waals surface area contributed by atoms with E-state index in [2.05, 4.69) is 9.97 Å². The standard InChI is InChI=1S/C33H18F5N3O/c1-17-5-7-18(8-6-17)26-11-12-27(42-26)41-24-10-9-19(28-29(34)31(36)33(38)32(37)30(28)35)14-20(24)21-15-23(40-16-25(21)41)22-4-2-3-13-39-22/h2-16H,1H3. The van der Waals surface area contributed by atoms with E-state index in [-0.39, 0.29) is 5.56 Å². The second-order valence-corrected chi connectivity index (χ2v) is 9.82. The number of hydrogen-bond donors (Lipinski definition) is 0. The molecule has 0 aliphatic heterocycles. The van der Waals surface area contributed by atoms with E-state index in [1.807, 2.05) is 43.3 Å². The maximum atomic E-state index is 14.8. The third-order valence-electron chi connectivity index (χ3n) is 7.23. The summed E-state index contributed by atoms with van der Waals surface area (Å²) in [6.07, 6.45) is 3.26. The number of benzene rings is 3. The fourth-order valence-electron chi connectivity index (χ4n) is 5.15. The summed E-state index contributed by atoms with van der Waals surface area (Å²) >= 11 is 0. The van der Waals surface area contributed by atoms with Crippen molar-refractivity contribution in [3.63, 3.8) is 0 Å². The molecule has 42 heavy (non-hydrogen) atoms. The predicted molar refractivity (Wildman–Crippen MR) is 149 cm³/mol. The molecule has 3 aromatic carbocycles. The van der Waals surface area contributed by atoms with Crippen LogP contribution in [-0.2, 0) is 0 Å². The second-order valence-electron chi connectivity index (χ2n) is 9.82. The summed E-state index contributed by atoms with van der Waals surface area (Å²) in [4.78, 5) is 8.94. The Morgan fingerprint density at radius 3 is 2.02 bits per heavy atom. The molecule has 0 spiro atoms. The maximum Gasteiger partial charge on any atom is 0.205 e. The molecule has 4 aromatic heterocycles. The first-order valence-corrected chi connectivity index (χ1v) is 12.9. The number of hydrogen-bond acceptors (Lipinski definition) is 3. The van der Waals surface area contributed by atoms with E-state index in [1.165, 1.54) is 12.1 Å². The Morgan fingerprint density at radius 1 is 0.619 bits per heavy atom. The average molecular weight is 568 g/mol. The van der Waals surface area contributed by atoms with E-state index in [4.69, 9.17) is 4.42 Å². The lowest BCUT2D eigenvalue weighted by Crippen LogP contribution is -2.04. The molecule has 7 rings (SSSR count). The largest absolute Gasteiger partial charge is 0.440 e. The van der Waals surface area contributed by atoms with Crippen molar-refractivity contribution in [2.45, 2.75) is 6.92 Å². The van der Waals surface area contributed by atoms with Crippen molar-refractivity contribution in [2.75, 3.05) is 0 Å². The summed E-state index contributed by atoms with van der Waals surface area (Å²) in [5.41, 5.74) is 3.09. The van der Waals surface area contributed by atoms with Crippen LogP contribution < -0.4 is 0 Å². The molecule has 0 fully saturated rings. The van der Waals surface area contributed by atoms with Gasteiger partial charge in [-0.1, -0.05) is 42.0 Å². The Bertz CT molecular complexity index is 2120. The number of rotatable bonds is 4. The molecule has 0 saturated heterocycles. The van der Waals surface area contributed by atoms with Gasteiger partial charge in [-0.3, -0.25) is 14.5 Å². The second kappa shape index (κ2) is 9.66. The smallest absolute Gasteiger partial charge is 0.205 e. The van der Waals surface area contributed by atoms with Gasteiger partial charge >= 0.3 is 0 Å². The SMILES string of the molecule is Cc1ccc(-c2ccc(-n3c4ccc(-c5c(F)c(F)c(F)c(F)c5F)cc4c4cc(-c5ccccn5)ncc43)o2)cc1. The van der Waals surface area contributed by atoms with Crippen molar-refractivity contribution >= 4 is 21.8 Å². The highest BCUT2D eigenvalue weighted by atomic mass is 19.2. The number of furan rings is 1. The monoisotopic (exact) mass is 567 g/mol. The predicted octanol–water partition coefficient (Wildman–Crippen LogP) is 9.17. The molecule has 0 bridgehead atoms. The van der Waals surface area contributed by atoms with Crippen LogP contribution in [-0.4, -0.2) is 14.5 Å². The van der Waals surface area contributed by atoms with Crippen LogP contribution in [0.25, 0.3) is 61.5 Å². The number of fused-ring (bicyclic) bond motifs is 3. The van der Waals surface area contributed by atoms with Crippen molar-refractivity contribution in [2.24, 2.45) is 0 Å². The van der Waals surface area contributed by atoms with Gasteiger partial charge in [0.15, 0.2) is 23.3 Å². The first-order valence-electron chi connectivity index (χ1n) is 12.9. The third kappa shape index (κ3) is 3.96. The van der Waals surface area contributed by atoms with Gasteiger partial charge in [-0.25, -0.2) is 22.0 Å². The zero-order valence-corrected chi connectivity index (χ0v) is 21.8. The number of pyridine rings is 2. The van der Waals surface area contributed by atoms with Gasteiger partial charge < -0.3 is 4.42 Å². The van der Waals surface area contributed by atoms with Gasteiger partial charge in [0.2, 0.25) is 11.7 Å². The van der Waals surface area contributed by atoms with Crippen LogP contribution in [0.15, 0.2) is 95.7 Å². The molecule has 0 aliphatic carbocycles. The minimum atomic E-state index is -2.21. The van der Waals surface area contributed by atoms with Gasteiger partial charge in [0.1, 0.15) is 5.76 Å². The molecular weight excluding hydrogens is 549 g/mol. The Morgan fingerprint density at radius 2 is 1.31 bits per heavy atom. The van der Waals surface area contributed by atoms with Crippen LogP contribution in [0.1, 0.15) is 5.56 Å². The van der Waals surface area contributed by atoms with Gasteiger partial charge in [0.25, 0.3) is 0 Å². The highest BCUT2D eigenvalue weighted by Crippen LogP contribution is 2.39. The molecule has 0 N–H and O–H groups in total. The van der Waals surface area contributed by atoms with Gasteiger partial charge in [-0.15, -0.1) is 0 Å². The van der Waals surface area contributed by atoms with Crippen LogP contribution in [0, 0.1) is 36.0 Å². The minimum absolute atomic E-state index is 0.176. The summed E-state index contributed by atoms with van der Waals surface area (Å²) in [6, 6.07) is 22.9. The van der Waals surface area contributed by atoms with Crippen molar-refractivity contribution in [3.05, 3.63) is 126 Å². The number of aromatic nitrogens is 3. The molecule has 4 heterocycles. The Labute approximate surface area is 235 Å². The Kier molecular flexibility index (Phi) is 5.90. The molecule has 0 aliphatic rings. The highest BCUT2D eigenvalue weighted by molar-refractivity contribution is 6.11. The van der Waals surface area contributed by atoms with Crippen molar-refractivity contribution in [1.29, 1.82) is 0 Å². The highest BCUT2D eigenvalue weighted by Gasteiger charge is 2.27. The average Bonchev–Trinajstić information content (AvgIpc) is 3.62. The van der Waals surface area contributed by atoms with Crippen LogP contribution in [0.2, 0.25) is 0 Å². The number of aryl methyl sites for hydroxylation is 1. The van der Waals surface area contributed by atoms with Crippen molar-refractivity contribution < 1.29 is 26.4 Å². The Hall–Kier alpha value is -5.31. The molecule has 4 nitrogen and oxygen atoms in total. The first-order chi connectivity index (χ1) is 20.3. The molecule has 7 aromatic rings. The van der Waals surface area contributed by atoms with E-state index in [0.717, 1.165) is 11.1 Å². The summed E-state index contributed by atoms with van der Waals surface area (Å²) in [7, 11) is 0. The molecule has 0 amide bonds. The van der Waals surface area contributed by atoms with Crippen LogP contribution in [0.4, 0.5) is 22.0 Å². The summed E-state index contributed by atoms with van der Waals surface area (Å²) in [5.74, 6) is -8.96. The molecule has 0 unspecified atom stereocenters. The van der Waals surface area contributed by atoms with Gasteiger partial charge in [0.05, 0.1) is 34.2 Å². The molecular formula is C33H18F5N3O. The lowest BCUT2D eigenvalue weighted by molar-refractivity contribution is 0.381. The zero-order chi connectivity index (χ0) is 29.1. The van der Waals surface area contributed by atoms with E-state index < -0.39 is 34.6 Å². The fourth-order valence-corrected chi connectivity index (χ4v) is 5.15. The minimum Gasteiger partial charge on any atom is -0.440 e. The number of halogens is 5. The van der Waals surface area contributed by atoms with Crippen molar-refractivity contribution in [3.8, 4) is 39.7 Å². The normalized spacial score (nSPS) is 11.6. The molecule has 9 heteroatoms. The summed E-state index contributed by atoms with van der Waals surface area (Å²) in [6.45, 7) is 1.99. The van der Waals surface area contributed by atoms with E-state index in [0.29, 0.717) is 44.8 Å². The maximum absolute atomic E-state index is 14.8. The van der Waals surface area contributed by atoms with E-state index in [1.54, 1.807) is 47.3 Å². The van der Waals surface area contributed by atoms with Gasteiger partial charge in [0, 0.05) is 28.6 Å². The quantitative estimate of drug-likeness (QED) is 0.121. The van der Waals surface area contributed by atoms with Gasteiger partial charge in [-0.2, -0.15) is 0 Å². The lowest BCUT2D eigenvalue weighted by atomic mass is 10.0. The van der Waals surface area contributed by atoms with Gasteiger partial charge in [-0.05, 0) is 48.9 Å². The zero-order valence-electron chi connectivity index (χ0n) is 21.8. The first kappa shape index (κ1) is 25.6. The lowest BCUT2D eigenvalue weighted by Gasteiger charge is -2.09. The van der Waals surface area contributed by atoms with Crippen LogP contribution in [0.3, 0.4) is 0 Å². The third-order valence-corrected chi connectivity index (χ3v) is 7.23. The van der Waals surface area contributed by atoms with E-state index >= 15 is 0 Å². The fraction of sp³-hybridized carbons (Fsp3) is 0.0303. The van der Waals surface area contributed by atoms with E-state index in [9.17, 15) is 22.0 Å². The summed E-state index contributed by atoms with van der Waals surface area (Å²) < 4.78 is 79.6. The van der Waals surface area contributed by atoms with Crippen molar-refractivity contribution in [1.82, 2.24) is 14.5 Å². The van der Waals surface area contributed by atoms with Crippen LogP contribution in [0.5, 0.6) is 0 Å². The topological polar surface area (TPSA) is 43.9 Å². The molecule has 0 atom stereocenters. The molecule has 0 saturated carbocycles. The molecule has 206 valence electrons. The Balaban J connectivity index is 1.49. The molecule has 0 radical (unpaired) electrons. The summed E-state index contributed by atoms with van der Waals surface area (Å²) in [5, 5.41) is 1.10. The number of nitrogens with zero attached hydrogens (tertiary/aromatic N) is 3. The van der Waals surface area contributed by atoms with Crippen LogP contribution >= 0.6 is 0 Å².